The van der Waals surface area contributed by atoms with E-state index < -0.39 is 23.7 Å². The van der Waals surface area contributed by atoms with Gasteiger partial charge in [-0.25, -0.2) is 8.78 Å². The van der Waals surface area contributed by atoms with E-state index >= 15 is 0 Å². The van der Waals surface area contributed by atoms with Crippen molar-refractivity contribution in [1.29, 1.82) is 0 Å². The van der Waals surface area contributed by atoms with Gasteiger partial charge in [0.05, 0.1) is 6.10 Å². The number of carbonyl (C=O) groups excluding carboxylic acids is 2. The van der Waals surface area contributed by atoms with Gasteiger partial charge in [0.2, 0.25) is 0 Å². The Bertz CT molecular complexity index is 954. The normalized spacial score (nSPS) is 12.9. The Labute approximate surface area is 201 Å². The fourth-order valence-corrected chi connectivity index (χ4v) is 4.24. The maximum Gasteiger partial charge on any atom is 0.253 e. The SMILES string of the molecule is CCCN(CCC)C(=O)c1cc(C)cc(C(=O)C[C@@H](Cc2cc(F)cc(F)c2)[C@@H](O)CCN)c1. The molecular formula is C27H36F2N2O3. The fraction of sp³-hybridized carbons (Fsp3) is 0.481. The highest BCUT2D eigenvalue weighted by Crippen LogP contribution is 2.23. The van der Waals surface area contributed by atoms with Crippen molar-refractivity contribution in [1.82, 2.24) is 4.90 Å². The second-order valence-corrected chi connectivity index (χ2v) is 8.89. The zero-order valence-electron chi connectivity index (χ0n) is 20.3. The molecule has 186 valence electrons. The highest BCUT2D eigenvalue weighted by Gasteiger charge is 2.25. The molecule has 0 unspecified atom stereocenters. The van der Waals surface area contributed by atoms with Crippen molar-refractivity contribution in [2.75, 3.05) is 19.6 Å². The van der Waals surface area contributed by atoms with Crippen molar-refractivity contribution in [2.24, 2.45) is 11.7 Å². The van der Waals surface area contributed by atoms with E-state index in [-0.39, 0.29) is 37.5 Å². The standard InChI is InChI=1S/C27H36F2N2O3/c1-4-8-31(9-5-2)27(34)22-11-18(3)10-20(15-22)26(33)16-21(25(32)6-7-30)12-19-13-23(28)17-24(29)14-19/h10-11,13-15,17,21,25,32H,4-9,12,16,30H2,1-3H3/t21-,25+/m1/s1. The molecule has 0 heterocycles. The van der Waals surface area contributed by atoms with Gasteiger partial charge in [-0.1, -0.05) is 13.8 Å². The Kier molecular flexibility index (Phi) is 10.8. The van der Waals surface area contributed by atoms with Crippen LogP contribution < -0.4 is 5.73 Å². The summed E-state index contributed by atoms with van der Waals surface area (Å²) in [5, 5.41) is 10.6. The second kappa shape index (κ2) is 13.3. The number of ketones is 1. The third kappa shape index (κ3) is 7.99. The summed E-state index contributed by atoms with van der Waals surface area (Å²) in [5.74, 6) is -2.35. The average molecular weight is 475 g/mol. The molecule has 0 bridgehead atoms. The van der Waals surface area contributed by atoms with Gasteiger partial charge in [-0.05, 0) is 86.5 Å². The lowest BCUT2D eigenvalue weighted by Gasteiger charge is -2.23. The monoisotopic (exact) mass is 474 g/mol. The summed E-state index contributed by atoms with van der Waals surface area (Å²) in [6.07, 6.45) is 1.12. The molecule has 0 aliphatic rings. The summed E-state index contributed by atoms with van der Waals surface area (Å²) in [5.41, 5.74) is 7.58. The first-order chi connectivity index (χ1) is 16.2. The van der Waals surface area contributed by atoms with Crippen LogP contribution in [0.5, 0.6) is 0 Å². The predicted molar refractivity (Wildman–Crippen MR) is 130 cm³/mol. The van der Waals surface area contributed by atoms with Crippen LogP contribution >= 0.6 is 0 Å². The number of benzene rings is 2. The molecular weight excluding hydrogens is 438 g/mol. The molecule has 5 nitrogen and oxygen atoms in total. The summed E-state index contributed by atoms with van der Waals surface area (Å²) in [6, 6.07) is 8.28. The summed E-state index contributed by atoms with van der Waals surface area (Å²) in [7, 11) is 0. The van der Waals surface area contributed by atoms with Gasteiger partial charge in [0.15, 0.2) is 5.78 Å². The molecule has 0 fully saturated rings. The molecule has 2 aromatic rings. The van der Waals surface area contributed by atoms with E-state index in [1.165, 1.54) is 12.1 Å². The number of aliphatic hydroxyl groups is 1. The molecule has 2 rings (SSSR count). The topological polar surface area (TPSA) is 83.6 Å². The first kappa shape index (κ1) is 27.6. The number of hydrogen-bond acceptors (Lipinski definition) is 4. The maximum absolute atomic E-state index is 13.7. The number of aryl methyl sites for hydroxylation is 1. The van der Waals surface area contributed by atoms with E-state index in [1.807, 2.05) is 20.8 Å². The molecule has 0 saturated carbocycles. The molecule has 1 amide bonds. The van der Waals surface area contributed by atoms with Gasteiger partial charge in [0.25, 0.3) is 5.91 Å². The molecule has 34 heavy (non-hydrogen) atoms. The Morgan fingerprint density at radius 1 is 0.971 bits per heavy atom. The molecule has 2 atom stereocenters. The van der Waals surface area contributed by atoms with Gasteiger partial charge in [0.1, 0.15) is 11.6 Å². The minimum absolute atomic E-state index is 0.0377. The summed E-state index contributed by atoms with van der Waals surface area (Å²) >= 11 is 0. The van der Waals surface area contributed by atoms with E-state index in [2.05, 4.69) is 0 Å². The highest BCUT2D eigenvalue weighted by atomic mass is 19.1. The number of carbonyl (C=O) groups is 2. The van der Waals surface area contributed by atoms with Crippen molar-refractivity contribution >= 4 is 11.7 Å². The molecule has 0 aliphatic carbocycles. The number of amides is 1. The summed E-state index contributed by atoms with van der Waals surface area (Å²) < 4.78 is 27.3. The van der Waals surface area contributed by atoms with Crippen LogP contribution in [0.2, 0.25) is 0 Å². The summed E-state index contributed by atoms with van der Waals surface area (Å²) in [6.45, 7) is 7.35. The lowest BCUT2D eigenvalue weighted by Crippen LogP contribution is -2.32. The smallest absolute Gasteiger partial charge is 0.253 e. The number of halogens is 2. The zero-order chi connectivity index (χ0) is 25.3. The predicted octanol–water partition coefficient (Wildman–Crippen LogP) is 4.68. The average Bonchev–Trinajstić information content (AvgIpc) is 2.77. The quantitative estimate of drug-likeness (QED) is 0.413. The first-order valence-corrected chi connectivity index (χ1v) is 12.0. The number of aliphatic hydroxyl groups excluding tert-OH is 1. The van der Waals surface area contributed by atoms with Crippen molar-refractivity contribution in [2.45, 2.75) is 59.0 Å². The lowest BCUT2D eigenvalue weighted by molar-refractivity contribution is 0.0754. The third-order valence-electron chi connectivity index (χ3n) is 5.79. The van der Waals surface area contributed by atoms with E-state index in [0.717, 1.165) is 24.5 Å². The van der Waals surface area contributed by atoms with Gasteiger partial charge < -0.3 is 15.7 Å². The van der Waals surface area contributed by atoms with Crippen molar-refractivity contribution in [3.05, 3.63) is 70.3 Å². The Hall–Kier alpha value is -2.64. The number of rotatable bonds is 13. The fourth-order valence-electron chi connectivity index (χ4n) is 4.24. The van der Waals surface area contributed by atoms with Crippen LogP contribution in [0.4, 0.5) is 8.78 Å². The molecule has 0 spiro atoms. The van der Waals surface area contributed by atoms with E-state index in [1.54, 1.807) is 23.1 Å². The van der Waals surface area contributed by atoms with Crippen LogP contribution in [0, 0.1) is 24.5 Å². The first-order valence-electron chi connectivity index (χ1n) is 12.0. The Morgan fingerprint density at radius 2 is 1.56 bits per heavy atom. The van der Waals surface area contributed by atoms with E-state index in [0.29, 0.717) is 29.8 Å². The third-order valence-corrected chi connectivity index (χ3v) is 5.79. The zero-order valence-corrected chi connectivity index (χ0v) is 20.3. The summed E-state index contributed by atoms with van der Waals surface area (Å²) in [4.78, 5) is 28.1. The lowest BCUT2D eigenvalue weighted by atomic mass is 9.86. The van der Waals surface area contributed by atoms with Crippen LogP contribution in [0.25, 0.3) is 0 Å². The number of nitrogens with two attached hydrogens (primary N) is 1. The molecule has 0 aliphatic heterocycles. The van der Waals surface area contributed by atoms with Crippen LogP contribution in [-0.2, 0) is 6.42 Å². The van der Waals surface area contributed by atoms with Crippen molar-refractivity contribution in [3.63, 3.8) is 0 Å². The van der Waals surface area contributed by atoms with Crippen LogP contribution in [0.15, 0.2) is 36.4 Å². The minimum atomic E-state index is -0.907. The molecule has 7 heteroatoms. The maximum atomic E-state index is 13.7. The molecule has 0 radical (unpaired) electrons. The van der Waals surface area contributed by atoms with Crippen molar-refractivity contribution < 1.29 is 23.5 Å². The number of hydrogen-bond donors (Lipinski definition) is 2. The van der Waals surface area contributed by atoms with Gasteiger partial charge in [-0.3, -0.25) is 9.59 Å². The molecule has 0 saturated heterocycles. The highest BCUT2D eigenvalue weighted by molar-refractivity contribution is 6.01. The van der Waals surface area contributed by atoms with Gasteiger partial charge >= 0.3 is 0 Å². The van der Waals surface area contributed by atoms with E-state index in [4.69, 9.17) is 5.73 Å². The van der Waals surface area contributed by atoms with Crippen molar-refractivity contribution in [3.8, 4) is 0 Å². The van der Waals surface area contributed by atoms with Crippen LogP contribution in [-0.4, -0.2) is 47.4 Å². The Balaban J connectivity index is 2.29. The van der Waals surface area contributed by atoms with E-state index in [9.17, 15) is 23.5 Å². The van der Waals surface area contributed by atoms with Gasteiger partial charge in [-0.2, -0.15) is 0 Å². The number of Topliss-reactive ketones (excluding diaryl/α,β-unsaturated/α-hetero) is 1. The Morgan fingerprint density at radius 3 is 2.12 bits per heavy atom. The second-order valence-electron chi connectivity index (χ2n) is 8.89. The minimum Gasteiger partial charge on any atom is -0.393 e. The van der Waals surface area contributed by atoms with Crippen LogP contribution in [0.1, 0.15) is 71.4 Å². The molecule has 2 aromatic carbocycles. The molecule has 3 N–H and O–H groups in total. The molecule has 0 aromatic heterocycles. The van der Waals surface area contributed by atoms with Crippen LogP contribution in [0.3, 0.4) is 0 Å². The largest absolute Gasteiger partial charge is 0.393 e. The van der Waals surface area contributed by atoms with Gasteiger partial charge in [-0.15, -0.1) is 0 Å². The van der Waals surface area contributed by atoms with Gasteiger partial charge in [0, 0.05) is 36.7 Å². The number of nitrogens with zero attached hydrogens (tertiary/aromatic N) is 1.